The van der Waals surface area contributed by atoms with Crippen molar-refractivity contribution in [1.29, 1.82) is 0 Å². The van der Waals surface area contributed by atoms with Crippen molar-refractivity contribution in [2.75, 3.05) is 0 Å². The van der Waals surface area contributed by atoms with E-state index < -0.39 is 0 Å². The Morgan fingerprint density at radius 3 is 2.80 bits per heavy atom. The SMILES string of the molecule is CC(C)N(Cc1ccccn1)Cc1nnnn1C1CC1. The van der Waals surface area contributed by atoms with Crippen LogP contribution in [0.25, 0.3) is 0 Å². The third-order valence-electron chi connectivity index (χ3n) is 3.62. The molecule has 106 valence electrons. The van der Waals surface area contributed by atoms with Crippen LogP contribution in [0.4, 0.5) is 0 Å². The van der Waals surface area contributed by atoms with Gasteiger partial charge in [-0.2, -0.15) is 0 Å². The number of nitrogens with zero attached hydrogens (tertiary/aromatic N) is 6. The zero-order valence-electron chi connectivity index (χ0n) is 12.0. The summed E-state index contributed by atoms with van der Waals surface area (Å²) in [7, 11) is 0. The second kappa shape index (κ2) is 5.66. The fraction of sp³-hybridized carbons (Fsp3) is 0.571. The van der Waals surface area contributed by atoms with E-state index in [0.717, 1.165) is 24.6 Å². The van der Waals surface area contributed by atoms with E-state index in [4.69, 9.17) is 0 Å². The van der Waals surface area contributed by atoms with Gasteiger partial charge in [0, 0.05) is 18.8 Å². The number of hydrogen-bond donors (Lipinski definition) is 0. The van der Waals surface area contributed by atoms with Crippen molar-refractivity contribution < 1.29 is 0 Å². The van der Waals surface area contributed by atoms with Crippen LogP contribution in [0.3, 0.4) is 0 Å². The Morgan fingerprint density at radius 1 is 1.30 bits per heavy atom. The molecule has 2 heterocycles. The maximum absolute atomic E-state index is 4.40. The molecule has 0 spiro atoms. The fourth-order valence-electron chi connectivity index (χ4n) is 2.22. The molecule has 0 amide bonds. The zero-order chi connectivity index (χ0) is 13.9. The Kier molecular flexibility index (Phi) is 3.73. The minimum Gasteiger partial charge on any atom is -0.288 e. The highest BCUT2D eigenvalue weighted by Gasteiger charge is 2.28. The molecule has 0 bridgehead atoms. The van der Waals surface area contributed by atoms with Crippen molar-refractivity contribution in [3.05, 3.63) is 35.9 Å². The molecule has 0 aromatic carbocycles. The van der Waals surface area contributed by atoms with Gasteiger partial charge in [0.25, 0.3) is 0 Å². The van der Waals surface area contributed by atoms with Crippen LogP contribution in [0, 0.1) is 0 Å². The van der Waals surface area contributed by atoms with Crippen LogP contribution >= 0.6 is 0 Å². The quantitative estimate of drug-likeness (QED) is 0.802. The number of tetrazole rings is 1. The molecule has 3 rings (SSSR count). The summed E-state index contributed by atoms with van der Waals surface area (Å²) in [5.74, 6) is 0.956. The molecule has 2 aromatic rings. The average Bonchev–Trinajstić information content (AvgIpc) is 3.19. The number of pyridine rings is 1. The fourth-order valence-corrected chi connectivity index (χ4v) is 2.22. The van der Waals surface area contributed by atoms with E-state index in [9.17, 15) is 0 Å². The molecule has 1 aliphatic rings. The van der Waals surface area contributed by atoms with Crippen molar-refractivity contribution in [2.45, 2.75) is 51.9 Å². The monoisotopic (exact) mass is 272 g/mol. The van der Waals surface area contributed by atoms with E-state index in [1.165, 1.54) is 12.8 Å². The first-order chi connectivity index (χ1) is 9.74. The molecule has 0 atom stereocenters. The van der Waals surface area contributed by atoms with Crippen LogP contribution in [-0.4, -0.2) is 36.1 Å². The molecule has 1 saturated carbocycles. The Morgan fingerprint density at radius 2 is 2.15 bits per heavy atom. The smallest absolute Gasteiger partial charge is 0.165 e. The number of rotatable bonds is 6. The Bertz CT molecular complexity index is 546. The first-order valence-corrected chi connectivity index (χ1v) is 7.14. The van der Waals surface area contributed by atoms with Gasteiger partial charge in [-0.1, -0.05) is 6.07 Å². The summed E-state index contributed by atoms with van der Waals surface area (Å²) < 4.78 is 1.98. The number of hydrogen-bond acceptors (Lipinski definition) is 5. The summed E-state index contributed by atoms with van der Waals surface area (Å²) in [5, 5.41) is 12.1. The Labute approximate surface area is 118 Å². The van der Waals surface area contributed by atoms with Gasteiger partial charge in [-0.3, -0.25) is 9.88 Å². The van der Waals surface area contributed by atoms with Gasteiger partial charge in [0.2, 0.25) is 0 Å². The second-order valence-electron chi connectivity index (χ2n) is 5.59. The molecule has 1 fully saturated rings. The summed E-state index contributed by atoms with van der Waals surface area (Å²) >= 11 is 0. The van der Waals surface area contributed by atoms with Gasteiger partial charge in [-0.25, -0.2) is 4.68 Å². The first-order valence-electron chi connectivity index (χ1n) is 7.14. The van der Waals surface area contributed by atoms with Crippen molar-refractivity contribution in [3.8, 4) is 0 Å². The van der Waals surface area contributed by atoms with E-state index in [2.05, 4.69) is 45.3 Å². The van der Waals surface area contributed by atoms with Gasteiger partial charge in [0.1, 0.15) is 0 Å². The van der Waals surface area contributed by atoms with E-state index in [1.807, 2.05) is 23.0 Å². The lowest BCUT2D eigenvalue weighted by atomic mass is 10.2. The predicted molar refractivity (Wildman–Crippen MR) is 74.7 cm³/mol. The highest BCUT2D eigenvalue weighted by Crippen LogP contribution is 2.34. The molecule has 0 radical (unpaired) electrons. The lowest BCUT2D eigenvalue weighted by Crippen LogP contribution is -2.31. The van der Waals surface area contributed by atoms with Crippen molar-refractivity contribution >= 4 is 0 Å². The molecule has 20 heavy (non-hydrogen) atoms. The molecular formula is C14H20N6. The first kappa shape index (κ1) is 13.2. The highest BCUT2D eigenvalue weighted by molar-refractivity contribution is 5.04. The largest absolute Gasteiger partial charge is 0.288 e. The molecule has 6 nitrogen and oxygen atoms in total. The van der Waals surface area contributed by atoms with Crippen LogP contribution in [0.1, 0.15) is 44.2 Å². The van der Waals surface area contributed by atoms with Crippen LogP contribution in [-0.2, 0) is 13.1 Å². The second-order valence-corrected chi connectivity index (χ2v) is 5.59. The van der Waals surface area contributed by atoms with Gasteiger partial charge in [-0.15, -0.1) is 5.10 Å². The zero-order valence-corrected chi connectivity index (χ0v) is 12.0. The number of aromatic nitrogens is 5. The topological polar surface area (TPSA) is 59.7 Å². The summed E-state index contributed by atoms with van der Waals surface area (Å²) in [6, 6.07) is 6.95. The minimum atomic E-state index is 0.418. The van der Waals surface area contributed by atoms with Crippen molar-refractivity contribution in [2.24, 2.45) is 0 Å². The van der Waals surface area contributed by atoms with Crippen LogP contribution in [0.2, 0.25) is 0 Å². The molecule has 2 aromatic heterocycles. The van der Waals surface area contributed by atoms with Gasteiger partial charge >= 0.3 is 0 Å². The van der Waals surface area contributed by atoms with E-state index in [-0.39, 0.29) is 0 Å². The summed E-state index contributed by atoms with van der Waals surface area (Å²) in [4.78, 5) is 6.74. The molecule has 0 aliphatic heterocycles. The minimum absolute atomic E-state index is 0.418. The maximum Gasteiger partial charge on any atom is 0.165 e. The molecule has 0 saturated heterocycles. The normalized spacial score (nSPS) is 15.2. The standard InChI is InChI=1S/C14H20N6/c1-11(2)19(9-12-5-3-4-8-15-12)10-14-16-17-18-20(14)13-6-7-13/h3-5,8,11,13H,6-7,9-10H2,1-2H3. The van der Waals surface area contributed by atoms with Crippen LogP contribution < -0.4 is 0 Å². The lowest BCUT2D eigenvalue weighted by Gasteiger charge is -2.25. The predicted octanol–water partition coefficient (Wildman–Crippen LogP) is 1.81. The Balaban J connectivity index is 1.72. The van der Waals surface area contributed by atoms with Crippen LogP contribution in [0.15, 0.2) is 24.4 Å². The van der Waals surface area contributed by atoms with Crippen molar-refractivity contribution in [1.82, 2.24) is 30.1 Å². The van der Waals surface area contributed by atoms with Gasteiger partial charge in [0.15, 0.2) is 5.82 Å². The molecule has 0 unspecified atom stereocenters. The van der Waals surface area contributed by atoms with Crippen LogP contribution in [0.5, 0.6) is 0 Å². The molecule has 0 N–H and O–H groups in total. The van der Waals surface area contributed by atoms with E-state index >= 15 is 0 Å². The Hall–Kier alpha value is -1.82. The third-order valence-corrected chi connectivity index (χ3v) is 3.62. The van der Waals surface area contributed by atoms with Gasteiger partial charge in [-0.05, 0) is 49.2 Å². The average molecular weight is 272 g/mol. The summed E-state index contributed by atoms with van der Waals surface area (Å²) in [6.45, 7) is 5.95. The van der Waals surface area contributed by atoms with E-state index in [0.29, 0.717) is 12.1 Å². The lowest BCUT2D eigenvalue weighted by molar-refractivity contribution is 0.192. The van der Waals surface area contributed by atoms with Crippen molar-refractivity contribution in [3.63, 3.8) is 0 Å². The summed E-state index contributed by atoms with van der Waals surface area (Å²) in [6.07, 6.45) is 4.22. The third kappa shape index (κ3) is 3.01. The van der Waals surface area contributed by atoms with E-state index in [1.54, 1.807) is 0 Å². The highest BCUT2D eigenvalue weighted by atomic mass is 15.6. The maximum atomic E-state index is 4.40. The molecule has 1 aliphatic carbocycles. The summed E-state index contributed by atoms with van der Waals surface area (Å²) in [5.41, 5.74) is 1.08. The molecular weight excluding hydrogens is 252 g/mol. The van der Waals surface area contributed by atoms with Gasteiger partial charge in [0.05, 0.1) is 18.3 Å². The van der Waals surface area contributed by atoms with Gasteiger partial charge < -0.3 is 0 Å². The molecule has 6 heteroatoms.